The fraction of sp³-hybridized carbons (Fsp3) is 0.400. The summed E-state index contributed by atoms with van der Waals surface area (Å²) in [6, 6.07) is 7.74. The predicted molar refractivity (Wildman–Crippen MR) is 59.2 cm³/mol. The molecule has 0 fully saturated rings. The number of hydrogen-bond acceptors (Lipinski definition) is 4. The van der Waals surface area contributed by atoms with E-state index < -0.39 is 5.60 Å². The summed E-state index contributed by atoms with van der Waals surface area (Å²) in [6.07, 6.45) is 0. The van der Waals surface area contributed by atoms with Crippen LogP contribution in [0, 0.1) is 0 Å². The molecule has 15 heavy (non-hydrogen) atoms. The maximum Gasteiger partial charge on any atom is 0.112 e. The van der Waals surface area contributed by atoms with Crippen LogP contribution in [0.4, 0.5) is 0 Å². The van der Waals surface area contributed by atoms with E-state index >= 15 is 0 Å². The second-order valence-electron chi connectivity index (χ2n) is 3.85. The number of nitrogens with two attached hydrogens (primary N) is 1. The van der Waals surface area contributed by atoms with Crippen LogP contribution in [0.1, 0.15) is 13.8 Å². The smallest absolute Gasteiger partial charge is 0.112 e. The summed E-state index contributed by atoms with van der Waals surface area (Å²) in [5, 5.41) is 18.9. The molecule has 0 amide bonds. The van der Waals surface area contributed by atoms with Crippen LogP contribution < -0.4 is 5.73 Å². The first kappa shape index (κ1) is 11.6. The number of nitrogens with one attached hydrogen (secondary N) is 1. The second kappa shape index (κ2) is 4.86. The molecule has 5 heteroatoms. The lowest BCUT2D eigenvalue weighted by atomic mass is 10.1. The van der Waals surface area contributed by atoms with Crippen molar-refractivity contribution in [3.05, 3.63) is 24.3 Å². The maximum atomic E-state index is 8.70. The van der Waals surface area contributed by atoms with Gasteiger partial charge in [-0.05, 0) is 26.0 Å². The predicted octanol–water partition coefficient (Wildman–Crippen LogP) is 0.674. The average Bonchev–Trinajstić information content (AvgIpc) is 2.65. The van der Waals surface area contributed by atoms with Gasteiger partial charge in [-0.3, -0.25) is 5.10 Å². The molecule has 1 aromatic heterocycles. The molecule has 0 atom stereocenters. The van der Waals surface area contributed by atoms with Crippen molar-refractivity contribution in [1.82, 2.24) is 15.4 Å². The highest BCUT2D eigenvalue weighted by atomic mass is 16.3. The minimum Gasteiger partial charge on any atom is -0.389 e. The highest BCUT2D eigenvalue weighted by Gasteiger charge is 2.06. The van der Waals surface area contributed by atoms with Crippen LogP contribution in [0.15, 0.2) is 24.3 Å². The third kappa shape index (κ3) is 4.05. The lowest BCUT2D eigenvalue weighted by molar-refractivity contribution is 0.0898. The van der Waals surface area contributed by atoms with Gasteiger partial charge in [-0.15, -0.1) is 5.10 Å². The van der Waals surface area contributed by atoms with Gasteiger partial charge in [0.1, 0.15) is 5.52 Å². The van der Waals surface area contributed by atoms with E-state index in [2.05, 4.69) is 15.4 Å². The molecule has 4 N–H and O–H groups in total. The highest BCUT2D eigenvalue weighted by molar-refractivity contribution is 5.72. The first-order valence-corrected chi connectivity index (χ1v) is 4.71. The summed E-state index contributed by atoms with van der Waals surface area (Å²) in [5.74, 6) is 0. The first-order valence-electron chi connectivity index (χ1n) is 4.71. The third-order valence-electron chi connectivity index (χ3n) is 1.73. The van der Waals surface area contributed by atoms with E-state index in [0.29, 0.717) is 6.54 Å². The van der Waals surface area contributed by atoms with E-state index in [0.717, 1.165) is 11.0 Å². The minimum atomic E-state index is -0.681. The van der Waals surface area contributed by atoms with Gasteiger partial charge in [-0.2, -0.15) is 0 Å². The fourth-order valence-corrected chi connectivity index (χ4v) is 0.788. The number of fused-ring (bicyclic) bond motifs is 1. The zero-order valence-corrected chi connectivity index (χ0v) is 8.94. The molecule has 0 unspecified atom stereocenters. The molecule has 2 aromatic rings. The van der Waals surface area contributed by atoms with Crippen molar-refractivity contribution >= 4 is 11.0 Å². The van der Waals surface area contributed by atoms with Crippen molar-refractivity contribution in [2.24, 2.45) is 5.73 Å². The normalized spacial score (nSPS) is 10.9. The molecule has 0 aliphatic rings. The van der Waals surface area contributed by atoms with Gasteiger partial charge < -0.3 is 10.8 Å². The number of rotatable bonds is 1. The summed E-state index contributed by atoms with van der Waals surface area (Å²) >= 11 is 0. The van der Waals surface area contributed by atoms with E-state index in [1.54, 1.807) is 13.8 Å². The van der Waals surface area contributed by atoms with Crippen LogP contribution in [0.25, 0.3) is 11.0 Å². The lowest BCUT2D eigenvalue weighted by Gasteiger charge is -2.11. The summed E-state index contributed by atoms with van der Waals surface area (Å²) < 4.78 is 0. The second-order valence-corrected chi connectivity index (χ2v) is 3.85. The van der Waals surface area contributed by atoms with Crippen molar-refractivity contribution < 1.29 is 5.11 Å². The minimum absolute atomic E-state index is 0.326. The van der Waals surface area contributed by atoms with E-state index in [9.17, 15) is 0 Å². The molecule has 0 radical (unpaired) electrons. The van der Waals surface area contributed by atoms with Crippen molar-refractivity contribution in [3.8, 4) is 0 Å². The Hall–Kier alpha value is -1.46. The zero-order valence-electron chi connectivity index (χ0n) is 8.94. The molecular formula is C10H16N4O. The van der Waals surface area contributed by atoms with Crippen LogP contribution in [-0.4, -0.2) is 32.7 Å². The number of hydrogen-bond donors (Lipinski definition) is 3. The molecule has 82 valence electrons. The molecular weight excluding hydrogens is 192 g/mol. The number of nitrogens with zero attached hydrogens (tertiary/aromatic N) is 2. The van der Waals surface area contributed by atoms with E-state index in [-0.39, 0.29) is 0 Å². The average molecular weight is 208 g/mol. The molecule has 2 rings (SSSR count). The number of aromatic nitrogens is 3. The Morgan fingerprint density at radius 3 is 2.53 bits per heavy atom. The van der Waals surface area contributed by atoms with Crippen LogP contribution in [0.2, 0.25) is 0 Å². The van der Waals surface area contributed by atoms with E-state index in [4.69, 9.17) is 10.8 Å². The van der Waals surface area contributed by atoms with E-state index in [1.165, 1.54) is 0 Å². The van der Waals surface area contributed by atoms with Gasteiger partial charge in [0, 0.05) is 6.54 Å². The molecule has 0 aliphatic heterocycles. The van der Waals surface area contributed by atoms with Crippen LogP contribution in [-0.2, 0) is 0 Å². The van der Waals surface area contributed by atoms with Gasteiger partial charge in [0.15, 0.2) is 0 Å². The molecule has 1 heterocycles. The van der Waals surface area contributed by atoms with Crippen molar-refractivity contribution in [2.45, 2.75) is 19.4 Å². The first-order chi connectivity index (χ1) is 7.03. The van der Waals surface area contributed by atoms with Gasteiger partial charge >= 0.3 is 0 Å². The van der Waals surface area contributed by atoms with Crippen molar-refractivity contribution in [3.63, 3.8) is 0 Å². The summed E-state index contributed by atoms with van der Waals surface area (Å²) in [7, 11) is 0. The third-order valence-corrected chi connectivity index (χ3v) is 1.73. The zero-order chi connectivity index (χ0) is 11.3. The molecule has 0 spiro atoms. The Balaban J connectivity index is 0.000000167. The number of para-hydroxylation sites is 1. The molecule has 5 nitrogen and oxygen atoms in total. The summed E-state index contributed by atoms with van der Waals surface area (Å²) in [5.41, 5.74) is 6.27. The van der Waals surface area contributed by atoms with Gasteiger partial charge in [-0.1, -0.05) is 17.3 Å². The Morgan fingerprint density at radius 1 is 1.40 bits per heavy atom. The Morgan fingerprint density at radius 2 is 2.00 bits per heavy atom. The molecule has 1 aromatic carbocycles. The Labute approximate surface area is 88.3 Å². The summed E-state index contributed by atoms with van der Waals surface area (Å²) in [4.78, 5) is 0. The topological polar surface area (TPSA) is 87.8 Å². The number of H-pyrrole nitrogens is 1. The van der Waals surface area contributed by atoms with E-state index in [1.807, 2.05) is 24.3 Å². The Kier molecular flexibility index (Phi) is 3.76. The maximum absolute atomic E-state index is 8.70. The van der Waals surface area contributed by atoms with Gasteiger partial charge in [0.05, 0.1) is 11.1 Å². The SMILES string of the molecule is CC(C)(O)CN.c1ccc2[nH]nnc2c1. The number of aromatic amines is 1. The van der Waals surface area contributed by atoms with Gasteiger partial charge in [0.25, 0.3) is 0 Å². The highest BCUT2D eigenvalue weighted by Crippen LogP contribution is 2.03. The van der Waals surface area contributed by atoms with Crippen LogP contribution in [0.3, 0.4) is 0 Å². The molecule has 0 saturated carbocycles. The number of benzene rings is 1. The standard InChI is InChI=1S/C6H5N3.C4H11NO/c1-2-4-6-5(3-1)7-9-8-6;1-4(2,6)3-5/h1-4H,(H,7,8,9);6H,3,5H2,1-2H3. The quantitative estimate of drug-likeness (QED) is 0.643. The largest absolute Gasteiger partial charge is 0.389 e. The lowest BCUT2D eigenvalue weighted by Crippen LogP contribution is -2.29. The summed E-state index contributed by atoms with van der Waals surface area (Å²) in [6.45, 7) is 3.67. The van der Waals surface area contributed by atoms with Crippen molar-refractivity contribution in [2.75, 3.05) is 6.54 Å². The van der Waals surface area contributed by atoms with Crippen LogP contribution in [0.5, 0.6) is 0 Å². The monoisotopic (exact) mass is 208 g/mol. The van der Waals surface area contributed by atoms with Crippen LogP contribution >= 0.6 is 0 Å². The molecule has 0 aliphatic carbocycles. The molecule has 0 saturated heterocycles. The van der Waals surface area contributed by atoms with Crippen molar-refractivity contribution in [1.29, 1.82) is 0 Å². The Bertz CT molecular complexity index is 375. The van der Waals surface area contributed by atoms with Gasteiger partial charge in [0.2, 0.25) is 0 Å². The number of aliphatic hydroxyl groups is 1. The fourth-order valence-electron chi connectivity index (χ4n) is 0.788. The molecule has 0 bridgehead atoms. The van der Waals surface area contributed by atoms with Gasteiger partial charge in [-0.25, -0.2) is 0 Å².